The molecule has 5 heteroatoms. The average Bonchev–Trinajstić information content (AvgIpc) is 2.67. The first kappa shape index (κ1) is 8.71. The van der Waals surface area contributed by atoms with Gasteiger partial charge in [-0.3, -0.25) is 0 Å². The average molecular weight is 191 g/mol. The maximum atomic E-state index is 9.49. The fraction of sp³-hybridized carbons (Fsp3) is 0.111. The monoisotopic (exact) mass is 191 g/mol. The van der Waals surface area contributed by atoms with Crippen LogP contribution in [0.1, 0.15) is 5.82 Å². The van der Waals surface area contributed by atoms with Gasteiger partial charge in [-0.1, -0.05) is 17.3 Å². The normalized spacial score (nSPS) is 10.4. The lowest BCUT2D eigenvalue weighted by Crippen LogP contribution is -1.97. The summed E-state index contributed by atoms with van der Waals surface area (Å²) in [5.41, 5.74) is 5.85. The Labute approximate surface area is 80.2 Å². The van der Waals surface area contributed by atoms with Gasteiger partial charge in [-0.05, 0) is 12.1 Å². The molecule has 72 valence electrons. The van der Waals surface area contributed by atoms with Gasteiger partial charge >= 0.3 is 0 Å². The highest BCUT2D eigenvalue weighted by atomic mass is 16.5. The Morgan fingerprint density at radius 2 is 2.14 bits per heavy atom. The molecule has 3 N–H and O–H groups in total. The molecule has 5 nitrogen and oxygen atoms in total. The van der Waals surface area contributed by atoms with Crippen LogP contribution in [-0.4, -0.2) is 15.2 Å². The van der Waals surface area contributed by atoms with E-state index in [1.807, 2.05) is 0 Å². The van der Waals surface area contributed by atoms with Crippen molar-refractivity contribution in [1.29, 1.82) is 0 Å². The number of nitrogens with zero attached hydrogens (tertiary/aromatic N) is 2. The highest BCUT2D eigenvalue weighted by molar-refractivity contribution is 5.61. The van der Waals surface area contributed by atoms with Gasteiger partial charge in [0.15, 0.2) is 5.82 Å². The molecular weight excluding hydrogens is 182 g/mol. The summed E-state index contributed by atoms with van der Waals surface area (Å²) in [4.78, 5) is 4.00. The zero-order valence-corrected chi connectivity index (χ0v) is 7.34. The molecule has 1 heterocycles. The molecule has 2 aromatic rings. The van der Waals surface area contributed by atoms with Crippen LogP contribution in [0.25, 0.3) is 11.5 Å². The van der Waals surface area contributed by atoms with Crippen LogP contribution in [0.4, 0.5) is 0 Å². The molecule has 1 aromatic heterocycles. The first-order chi connectivity index (χ1) is 6.81. The van der Waals surface area contributed by atoms with Crippen molar-refractivity contribution in [3.63, 3.8) is 0 Å². The van der Waals surface area contributed by atoms with Crippen LogP contribution in [0.5, 0.6) is 5.75 Å². The number of aromatic hydroxyl groups is 1. The van der Waals surface area contributed by atoms with E-state index < -0.39 is 0 Å². The number of hydrogen-bond acceptors (Lipinski definition) is 5. The maximum Gasteiger partial charge on any atom is 0.261 e. The van der Waals surface area contributed by atoms with Crippen LogP contribution >= 0.6 is 0 Å². The number of aromatic nitrogens is 2. The molecule has 0 atom stereocenters. The zero-order chi connectivity index (χ0) is 9.97. The lowest BCUT2D eigenvalue weighted by atomic mass is 10.2. The zero-order valence-electron chi connectivity index (χ0n) is 7.34. The predicted molar refractivity (Wildman–Crippen MR) is 49.3 cm³/mol. The Kier molecular flexibility index (Phi) is 2.16. The van der Waals surface area contributed by atoms with E-state index in [1.165, 1.54) is 0 Å². The lowest BCUT2D eigenvalue weighted by molar-refractivity contribution is 0.417. The quantitative estimate of drug-likeness (QED) is 0.736. The number of phenols is 1. The predicted octanol–water partition coefficient (Wildman–Crippen LogP) is 0.901. The Balaban J connectivity index is 2.44. The highest BCUT2D eigenvalue weighted by Crippen LogP contribution is 2.26. The van der Waals surface area contributed by atoms with Crippen molar-refractivity contribution in [1.82, 2.24) is 10.1 Å². The SMILES string of the molecule is NCc1noc(-c2ccccc2O)n1. The summed E-state index contributed by atoms with van der Waals surface area (Å²) >= 11 is 0. The van der Waals surface area contributed by atoms with E-state index in [9.17, 15) is 5.11 Å². The second-order valence-electron chi connectivity index (χ2n) is 2.74. The van der Waals surface area contributed by atoms with Crippen LogP contribution in [0.3, 0.4) is 0 Å². The van der Waals surface area contributed by atoms with Gasteiger partial charge in [-0.2, -0.15) is 4.98 Å². The van der Waals surface area contributed by atoms with E-state index in [2.05, 4.69) is 10.1 Å². The van der Waals surface area contributed by atoms with E-state index >= 15 is 0 Å². The second-order valence-corrected chi connectivity index (χ2v) is 2.74. The van der Waals surface area contributed by atoms with E-state index in [0.717, 1.165) is 0 Å². The van der Waals surface area contributed by atoms with Crippen LogP contribution < -0.4 is 5.73 Å². The minimum absolute atomic E-state index is 0.111. The summed E-state index contributed by atoms with van der Waals surface area (Å²) in [5, 5.41) is 13.1. The van der Waals surface area contributed by atoms with Gasteiger partial charge in [0.05, 0.1) is 12.1 Å². The molecule has 0 saturated carbocycles. The van der Waals surface area contributed by atoms with Gasteiger partial charge < -0.3 is 15.4 Å². The summed E-state index contributed by atoms with van der Waals surface area (Å²) in [6.07, 6.45) is 0. The molecule has 2 rings (SSSR count). The molecule has 0 aliphatic heterocycles. The van der Waals surface area contributed by atoms with Crippen molar-refractivity contribution in [2.45, 2.75) is 6.54 Å². The van der Waals surface area contributed by atoms with Crippen LogP contribution in [0.15, 0.2) is 28.8 Å². The largest absolute Gasteiger partial charge is 0.507 e. The minimum Gasteiger partial charge on any atom is -0.507 e. The first-order valence-corrected chi connectivity index (χ1v) is 4.12. The Morgan fingerprint density at radius 1 is 1.36 bits per heavy atom. The van der Waals surface area contributed by atoms with Crippen molar-refractivity contribution in [2.24, 2.45) is 5.73 Å². The van der Waals surface area contributed by atoms with Crippen molar-refractivity contribution >= 4 is 0 Å². The van der Waals surface area contributed by atoms with Crippen molar-refractivity contribution in [3.05, 3.63) is 30.1 Å². The number of rotatable bonds is 2. The highest BCUT2D eigenvalue weighted by Gasteiger charge is 2.10. The summed E-state index contributed by atoms with van der Waals surface area (Å²) in [6.45, 7) is 0.219. The van der Waals surface area contributed by atoms with E-state index in [0.29, 0.717) is 11.4 Å². The van der Waals surface area contributed by atoms with Gasteiger partial charge in [0, 0.05) is 0 Å². The Bertz CT molecular complexity index is 439. The summed E-state index contributed by atoms with van der Waals surface area (Å²) in [7, 11) is 0. The van der Waals surface area contributed by atoms with Crippen LogP contribution in [0, 0.1) is 0 Å². The smallest absolute Gasteiger partial charge is 0.261 e. The minimum atomic E-state index is 0.111. The van der Waals surface area contributed by atoms with E-state index in [4.69, 9.17) is 10.3 Å². The molecule has 0 saturated heterocycles. The second kappa shape index (κ2) is 3.47. The van der Waals surface area contributed by atoms with Crippen molar-refractivity contribution in [2.75, 3.05) is 0 Å². The van der Waals surface area contributed by atoms with Gasteiger partial charge in [-0.15, -0.1) is 0 Å². The maximum absolute atomic E-state index is 9.49. The summed E-state index contributed by atoms with van der Waals surface area (Å²) in [5.74, 6) is 0.812. The molecule has 0 amide bonds. The standard InChI is InChI=1S/C9H9N3O2/c10-5-8-11-9(14-12-8)6-3-1-2-4-7(6)13/h1-4,13H,5,10H2. The first-order valence-electron chi connectivity index (χ1n) is 4.12. The molecule has 0 aliphatic carbocycles. The number of para-hydroxylation sites is 1. The van der Waals surface area contributed by atoms with Crippen molar-refractivity contribution in [3.8, 4) is 17.2 Å². The lowest BCUT2D eigenvalue weighted by Gasteiger charge is -1.96. The Hall–Kier alpha value is -1.88. The molecule has 0 bridgehead atoms. The van der Waals surface area contributed by atoms with Gasteiger partial charge in [0.2, 0.25) is 0 Å². The fourth-order valence-electron chi connectivity index (χ4n) is 1.10. The third kappa shape index (κ3) is 1.45. The molecule has 0 fully saturated rings. The van der Waals surface area contributed by atoms with Crippen LogP contribution in [0.2, 0.25) is 0 Å². The fourth-order valence-corrected chi connectivity index (χ4v) is 1.10. The molecular formula is C9H9N3O2. The van der Waals surface area contributed by atoms with E-state index in [-0.39, 0.29) is 18.2 Å². The number of hydrogen-bond donors (Lipinski definition) is 2. The molecule has 14 heavy (non-hydrogen) atoms. The third-order valence-corrected chi connectivity index (χ3v) is 1.79. The molecule has 0 aliphatic rings. The van der Waals surface area contributed by atoms with Gasteiger partial charge in [0.25, 0.3) is 5.89 Å². The number of phenolic OH excluding ortho intramolecular Hbond substituents is 1. The van der Waals surface area contributed by atoms with Crippen LogP contribution in [-0.2, 0) is 6.54 Å². The van der Waals surface area contributed by atoms with Crippen molar-refractivity contribution < 1.29 is 9.63 Å². The molecule has 0 unspecified atom stereocenters. The summed E-state index contributed by atoms with van der Waals surface area (Å²) in [6, 6.07) is 6.76. The number of benzene rings is 1. The molecule has 0 spiro atoms. The molecule has 1 aromatic carbocycles. The summed E-state index contributed by atoms with van der Waals surface area (Å²) < 4.78 is 4.92. The molecule has 0 radical (unpaired) electrons. The number of nitrogens with two attached hydrogens (primary N) is 1. The van der Waals surface area contributed by atoms with E-state index in [1.54, 1.807) is 24.3 Å². The third-order valence-electron chi connectivity index (χ3n) is 1.79. The topological polar surface area (TPSA) is 85.2 Å². The Morgan fingerprint density at radius 3 is 2.79 bits per heavy atom. The van der Waals surface area contributed by atoms with Gasteiger partial charge in [0.1, 0.15) is 5.75 Å². The van der Waals surface area contributed by atoms with Gasteiger partial charge in [-0.25, -0.2) is 0 Å².